The maximum absolute atomic E-state index is 12.8. The molecule has 26 heavy (non-hydrogen) atoms. The second-order valence-electron chi connectivity index (χ2n) is 5.22. The van der Waals surface area contributed by atoms with Crippen LogP contribution in [0.4, 0.5) is 26.3 Å². The molecule has 0 spiro atoms. The molecule has 0 radical (unpaired) electrons. The fourth-order valence-electron chi connectivity index (χ4n) is 2.13. The number of halogens is 6. The highest BCUT2D eigenvalue weighted by Crippen LogP contribution is 2.36. The van der Waals surface area contributed by atoms with Crippen molar-refractivity contribution in [2.75, 3.05) is 7.11 Å². The predicted molar refractivity (Wildman–Crippen MR) is 79.2 cm³/mol. The zero-order valence-electron chi connectivity index (χ0n) is 13.2. The number of benzene rings is 2. The summed E-state index contributed by atoms with van der Waals surface area (Å²) in [5.41, 5.74) is -3.14. The number of carbonyl (C=O) groups excluding carboxylic acids is 1. The number of rotatable bonds is 5. The molecule has 0 unspecified atom stereocenters. The van der Waals surface area contributed by atoms with Crippen molar-refractivity contribution in [1.29, 1.82) is 0 Å². The zero-order valence-corrected chi connectivity index (χ0v) is 13.2. The van der Waals surface area contributed by atoms with Crippen molar-refractivity contribution < 1.29 is 40.6 Å². The molecular formula is C17H12F6O3. The maximum Gasteiger partial charge on any atom is 0.416 e. The number of carbonyl (C=O) groups is 1. The Morgan fingerprint density at radius 1 is 0.923 bits per heavy atom. The van der Waals surface area contributed by atoms with Gasteiger partial charge in [-0.1, -0.05) is 0 Å². The van der Waals surface area contributed by atoms with Gasteiger partial charge in [0, 0.05) is 6.07 Å². The maximum atomic E-state index is 12.8. The van der Waals surface area contributed by atoms with Gasteiger partial charge in [-0.2, -0.15) is 26.3 Å². The van der Waals surface area contributed by atoms with Crippen molar-refractivity contribution in [2.45, 2.75) is 19.0 Å². The van der Waals surface area contributed by atoms with Crippen LogP contribution in [0.3, 0.4) is 0 Å². The summed E-state index contributed by atoms with van der Waals surface area (Å²) in [6, 6.07) is 5.29. The highest BCUT2D eigenvalue weighted by Gasteiger charge is 2.36. The highest BCUT2D eigenvalue weighted by molar-refractivity contribution is 5.79. The summed E-state index contributed by atoms with van der Waals surface area (Å²) in [7, 11) is 1.35. The van der Waals surface area contributed by atoms with E-state index < -0.39 is 30.1 Å². The molecule has 2 rings (SSSR count). The third-order valence-corrected chi connectivity index (χ3v) is 3.39. The monoisotopic (exact) mass is 378 g/mol. The molecule has 0 N–H and O–H groups in total. The normalized spacial score (nSPS) is 12.0. The Labute approximate surface area is 144 Å². The van der Waals surface area contributed by atoms with E-state index in [1.165, 1.54) is 25.3 Å². The Kier molecular flexibility index (Phi) is 5.48. The van der Waals surface area contributed by atoms with Gasteiger partial charge in [-0.05, 0) is 35.9 Å². The SMILES string of the molecule is COc1ccc(C=O)c(OCc2cc(C(F)(F)F)cc(C(F)(F)F)c2)c1. The van der Waals surface area contributed by atoms with Gasteiger partial charge < -0.3 is 9.47 Å². The van der Waals surface area contributed by atoms with E-state index in [0.29, 0.717) is 24.2 Å². The van der Waals surface area contributed by atoms with Crippen LogP contribution in [0.25, 0.3) is 0 Å². The van der Waals surface area contributed by atoms with Gasteiger partial charge in [-0.15, -0.1) is 0 Å². The summed E-state index contributed by atoms with van der Waals surface area (Å²) in [6.07, 6.45) is -9.44. The van der Waals surface area contributed by atoms with Crippen LogP contribution < -0.4 is 9.47 Å². The van der Waals surface area contributed by atoms with Gasteiger partial charge in [0.2, 0.25) is 0 Å². The minimum Gasteiger partial charge on any atom is -0.497 e. The summed E-state index contributed by atoms with van der Waals surface area (Å²) in [5, 5.41) is 0. The lowest BCUT2D eigenvalue weighted by molar-refractivity contribution is -0.143. The summed E-state index contributed by atoms with van der Waals surface area (Å²) < 4.78 is 87.3. The smallest absolute Gasteiger partial charge is 0.416 e. The van der Waals surface area contributed by atoms with Gasteiger partial charge in [0.1, 0.15) is 18.1 Å². The van der Waals surface area contributed by atoms with Crippen LogP contribution in [0.15, 0.2) is 36.4 Å². The summed E-state index contributed by atoms with van der Waals surface area (Å²) in [4.78, 5) is 11.0. The second kappa shape index (κ2) is 7.27. The fraction of sp³-hybridized carbons (Fsp3) is 0.235. The van der Waals surface area contributed by atoms with Crippen LogP contribution in [0, 0.1) is 0 Å². The second-order valence-corrected chi connectivity index (χ2v) is 5.22. The molecule has 0 atom stereocenters. The largest absolute Gasteiger partial charge is 0.497 e. The first-order valence-electron chi connectivity index (χ1n) is 7.09. The summed E-state index contributed by atoms with van der Waals surface area (Å²) in [5.74, 6) is 0.288. The molecule has 3 nitrogen and oxygen atoms in total. The van der Waals surface area contributed by atoms with Gasteiger partial charge in [0.25, 0.3) is 0 Å². The Morgan fingerprint density at radius 2 is 1.50 bits per heavy atom. The quantitative estimate of drug-likeness (QED) is 0.535. The van der Waals surface area contributed by atoms with Crippen molar-refractivity contribution in [3.63, 3.8) is 0 Å². The van der Waals surface area contributed by atoms with Crippen LogP contribution >= 0.6 is 0 Å². The van der Waals surface area contributed by atoms with Crippen LogP contribution in [-0.4, -0.2) is 13.4 Å². The van der Waals surface area contributed by atoms with Crippen LogP contribution in [0.5, 0.6) is 11.5 Å². The first-order valence-corrected chi connectivity index (χ1v) is 7.09. The van der Waals surface area contributed by atoms with Gasteiger partial charge in [-0.3, -0.25) is 4.79 Å². The Hall–Kier alpha value is -2.71. The molecule has 0 amide bonds. The molecule has 0 aliphatic carbocycles. The van der Waals surface area contributed by atoms with E-state index in [4.69, 9.17) is 9.47 Å². The molecule has 9 heteroatoms. The topological polar surface area (TPSA) is 35.5 Å². The number of ether oxygens (including phenoxy) is 2. The van der Waals surface area contributed by atoms with E-state index in [1.54, 1.807) is 0 Å². The van der Waals surface area contributed by atoms with Crippen LogP contribution in [0.2, 0.25) is 0 Å². The Bertz CT molecular complexity index is 764. The third-order valence-electron chi connectivity index (χ3n) is 3.39. The van der Waals surface area contributed by atoms with E-state index in [1.807, 2.05) is 0 Å². The number of hydrogen-bond donors (Lipinski definition) is 0. The molecule has 0 aromatic heterocycles. The summed E-state index contributed by atoms with van der Waals surface area (Å²) >= 11 is 0. The lowest BCUT2D eigenvalue weighted by Crippen LogP contribution is -2.12. The standard InChI is InChI=1S/C17H12F6O3/c1-25-14-3-2-11(8-24)15(7-14)26-9-10-4-12(16(18,19)20)6-13(5-10)17(21,22)23/h2-8H,9H2,1H3. The van der Waals surface area contributed by atoms with Crippen molar-refractivity contribution in [3.05, 3.63) is 58.7 Å². The molecule has 2 aromatic carbocycles. The first kappa shape index (κ1) is 19.6. The lowest BCUT2D eigenvalue weighted by Gasteiger charge is -2.15. The van der Waals surface area contributed by atoms with E-state index >= 15 is 0 Å². The van der Waals surface area contributed by atoms with E-state index in [0.717, 1.165) is 0 Å². The molecule has 0 heterocycles. The van der Waals surface area contributed by atoms with Gasteiger partial charge in [0.05, 0.1) is 23.8 Å². The predicted octanol–water partition coefficient (Wildman–Crippen LogP) is 5.12. The van der Waals surface area contributed by atoms with Crippen molar-refractivity contribution in [3.8, 4) is 11.5 Å². The van der Waals surface area contributed by atoms with Crippen molar-refractivity contribution in [2.24, 2.45) is 0 Å². The average molecular weight is 378 g/mol. The molecule has 0 bridgehead atoms. The molecule has 0 fully saturated rings. The molecule has 0 saturated heterocycles. The third kappa shape index (κ3) is 4.68. The number of aldehydes is 1. The van der Waals surface area contributed by atoms with E-state index in [9.17, 15) is 31.1 Å². The zero-order chi connectivity index (χ0) is 19.5. The molecule has 140 valence electrons. The highest BCUT2D eigenvalue weighted by atomic mass is 19.4. The molecule has 0 saturated carbocycles. The number of hydrogen-bond acceptors (Lipinski definition) is 3. The lowest BCUT2D eigenvalue weighted by atomic mass is 10.1. The average Bonchev–Trinajstić information content (AvgIpc) is 2.57. The minimum absolute atomic E-state index is 0.0229. The minimum atomic E-state index is -4.94. The molecule has 0 aliphatic heterocycles. The van der Waals surface area contributed by atoms with Crippen LogP contribution in [-0.2, 0) is 19.0 Å². The van der Waals surface area contributed by atoms with E-state index in [2.05, 4.69) is 0 Å². The number of alkyl halides is 6. The molecular weight excluding hydrogens is 366 g/mol. The van der Waals surface area contributed by atoms with Gasteiger partial charge in [0.15, 0.2) is 6.29 Å². The van der Waals surface area contributed by atoms with Gasteiger partial charge in [-0.25, -0.2) is 0 Å². The number of methoxy groups -OCH3 is 1. The van der Waals surface area contributed by atoms with Crippen molar-refractivity contribution >= 4 is 6.29 Å². The van der Waals surface area contributed by atoms with Gasteiger partial charge >= 0.3 is 12.4 Å². The van der Waals surface area contributed by atoms with E-state index in [-0.39, 0.29) is 22.9 Å². The fourth-order valence-corrected chi connectivity index (χ4v) is 2.13. The van der Waals surface area contributed by atoms with Crippen molar-refractivity contribution in [1.82, 2.24) is 0 Å². The summed E-state index contributed by atoms with van der Waals surface area (Å²) in [6.45, 7) is -0.596. The Balaban J connectivity index is 2.36. The molecule has 2 aromatic rings. The van der Waals surface area contributed by atoms with Crippen LogP contribution in [0.1, 0.15) is 27.0 Å². The molecule has 0 aliphatic rings. The Morgan fingerprint density at radius 3 is 1.96 bits per heavy atom. The first-order chi connectivity index (χ1) is 12.0.